The Morgan fingerprint density at radius 2 is 1.81 bits per heavy atom. The Labute approximate surface area is 157 Å². The van der Waals surface area contributed by atoms with Gasteiger partial charge in [-0.25, -0.2) is 4.79 Å². The van der Waals surface area contributed by atoms with E-state index >= 15 is 0 Å². The molecule has 6 heteroatoms. The highest BCUT2D eigenvalue weighted by Gasteiger charge is 2.21. The zero-order chi connectivity index (χ0) is 18.4. The number of hydrogen-bond acceptors (Lipinski definition) is 5. The van der Waals surface area contributed by atoms with E-state index in [1.807, 2.05) is 38.1 Å². The fourth-order valence-corrected chi connectivity index (χ4v) is 3.31. The summed E-state index contributed by atoms with van der Waals surface area (Å²) in [6, 6.07) is 12.4. The first-order chi connectivity index (χ1) is 12.4. The molecule has 5 nitrogen and oxygen atoms in total. The SMILES string of the molecule is Cc1noc(-c2cc3c(C)cc(=O)oc3cc2O)c1-c1ccc(Br)cc1. The molecule has 0 atom stereocenters. The van der Waals surface area contributed by atoms with Crippen molar-refractivity contribution in [3.8, 4) is 28.2 Å². The van der Waals surface area contributed by atoms with Crippen LogP contribution in [-0.2, 0) is 0 Å². The maximum Gasteiger partial charge on any atom is 0.336 e. The smallest absolute Gasteiger partial charge is 0.336 e. The molecule has 0 saturated carbocycles. The van der Waals surface area contributed by atoms with Gasteiger partial charge >= 0.3 is 5.63 Å². The molecule has 2 heterocycles. The second-order valence-corrected chi connectivity index (χ2v) is 7.01. The van der Waals surface area contributed by atoms with Gasteiger partial charge in [0.25, 0.3) is 0 Å². The summed E-state index contributed by atoms with van der Waals surface area (Å²) in [6.45, 7) is 3.67. The van der Waals surface area contributed by atoms with Crippen molar-refractivity contribution in [2.24, 2.45) is 0 Å². The van der Waals surface area contributed by atoms with E-state index in [0.717, 1.165) is 32.2 Å². The predicted molar refractivity (Wildman–Crippen MR) is 102 cm³/mol. The van der Waals surface area contributed by atoms with E-state index < -0.39 is 5.63 Å². The summed E-state index contributed by atoms with van der Waals surface area (Å²) >= 11 is 3.43. The van der Waals surface area contributed by atoms with Crippen LogP contribution in [0.3, 0.4) is 0 Å². The van der Waals surface area contributed by atoms with E-state index in [1.54, 1.807) is 6.07 Å². The molecule has 26 heavy (non-hydrogen) atoms. The number of benzene rings is 2. The summed E-state index contributed by atoms with van der Waals surface area (Å²) in [6.07, 6.45) is 0. The minimum Gasteiger partial charge on any atom is -0.507 e. The fraction of sp³-hybridized carbons (Fsp3) is 0.100. The molecule has 130 valence electrons. The normalized spacial score (nSPS) is 11.2. The van der Waals surface area contributed by atoms with E-state index in [1.165, 1.54) is 12.1 Å². The minimum atomic E-state index is -0.451. The maximum absolute atomic E-state index is 11.6. The van der Waals surface area contributed by atoms with Gasteiger partial charge < -0.3 is 14.0 Å². The number of aromatic nitrogens is 1. The molecule has 0 aliphatic carbocycles. The van der Waals surface area contributed by atoms with Gasteiger partial charge in [0, 0.05) is 22.0 Å². The summed E-state index contributed by atoms with van der Waals surface area (Å²) in [5, 5.41) is 15.3. The van der Waals surface area contributed by atoms with E-state index in [9.17, 15) is 9.90 Å². The summed E-state index contributed by atoms with van der Waals surface area (Å²) in [4.78, 5) is 11.6. The van der Waals surface area contributed by atoms with Crippen LogP contribution in [0.15, 0.2) is 60.7 Å². The molecular formula is C20H14BrNO4. The van der Waals surface area contributed by atoms with E-state index in [0.29, 0.717) is 16.9 Å². The average Bonchev–Trinajstić information content (AvgIpc) is 2.96. The highest BCUT2D eigenvalue weighted by Crippen LogP contribution is 2.41. The van der Waals surface area contributed by atoms with Crippen molar-refractivity contribution in [1.82, 2.24) is 5.16 Å². The predicted octanol–water partition coefficient (Wildman–Crippen LogP) is 5.20. The van der Waals surface area contributed by atoms with Crippen LogP contribution in [0.2, 0.25) is 0 Å². The molecule has 0 aliphatic heterocycles. The lowest BCUT2D eigenvalue weighted by Gasteiger charge is -2.08. The first-order valence-corrected chi connectivity index (χ1v) is 8.73. The number of hydrogen-bond donors (Lipinski definition) is 1. The van der Waals surface area contributed by atoms with Crippen molar-refractivity contribution in [3.05, 3.63) is 68.6 Å². The van der Waals surface area contributed by atoms with Crippen LogP contribution in [0.4, 0.5) is 0 Å². The molecule has 4 rings (SSSR count). The molecule has 4 aromatic rings. The van der Waals surface area contributed by atoms with Crippen LogP contribution in [-0.4, -0.2) is 10.3 Å². The zero-order valence-electron chi connectivity index (χ0n) is 14.0. The molecule has 0 radical (unpaired) electrons. The van der Waals surface area contributed by atoms with Crippen LogP contribution in [0, 0.1) is 13.8 Å². The topological polar surface area (TPSA) is 76.5 Å². The lowest BCUT2D eigenvalue weighted by Crippen LogP contribution is -1.98. The number of aromatic hydroxyl groups is 1. The largest absolute Gasteiger partial charge is 0.507 e. The summed E-state index contributed by atoms with van der Waals surface area (Å²) in [5.74, 6) is 0.426. The molecule has 2 aromatic heterocycles. The number of halogens is 1. The fourth-order valence-electron chi connectivity index (χ4n) is 3.05. The molecule has 2 aromatic carbocycles. The second-order valence-electron chi connectivity index (χ2n) is 6.09. The average molecular weight is 412 g/mol. The number of aryl methyl sites for hydroxylation is 2. The Kier molecular flexibility index (Phi) is 3.92. The number of rotatable bonds is 2. The summed E-state index contributed by atoms with van der Waals surface area (Å²) in [7, 11) is 0. The summed E-state index contributed by atoms with van der Waals surface area (Å²) < 4.78 is 11.7. The standard InChI is InChI=1S/C20H14BrNO4/c1-10-7-18(24)25-17-9-16(23)15(8-14(10)17)20-19(11(2)22-26-20)12-3-5-13(21)6-4-12/h3-9,23H,1-2H3. The molecule has 0 unspecified atom stereocenters. The molecule has 0 aliphatic rings. The Balaban J connectivity index is 1.98. The van der Waals surface area contributed by atoms with Crippen molar-refractivity contribution in [2.45, 2.75) is 13.8 Å². The Morgan fingerprint density at radius 3 is 2.54 bits per heavy atom. The molecule has 0 bridgehead atoms. The summed E-state index contributed by atoms with van der Waals surface area (Å²) in [5.41, 5.74) is 3.59. The highest BCUT2D eigenvalue weighted by atomic mass is 79.9. The molecule has 0 saturated heterocycles. The molecular weight excluding hydrogens is 398 g/mol. The van der Waals surface area contributed by atoms with Gasteiger partial charge in [-0.3, -0.25) is 0 Å². The number of nitrogens with zero attached hydrogens (tertiary/aromatic N) is 1. The maximum atomic E-state index is 11.6. The quantitative estimate of drug-likeness (QED) is 0.458. The highest BCUT2D eigenvalue weighted by molar-refractivity contribution is 9.10. The number of phenols is 1. The number of fused-ring (bicyclic) bond motifs is 1. The Bertz CT molecular complexity index is 1190. The third-order valence-electron chi connectivity index (χ3n) is 4.31. The van der Waals surface area contributed by atoms with Crippen molar-refractivity contribution in [2.75, 3.05) is 0 Å². The second kappa shape index (κ2) is 6.14. The molecule has 0 amide bonds. The first-order valence-electron chi connectivity index (χ1n) is 7.94. The lowest BCUT2D eigenvalue weighted by molar-refractivity contribution is 0.421. The van der Waals surface area contributed by atoms with Crippen LogP contribution in [0.5, 0.6) is 5.75 Å². The van der Waals surface area contributed by atoms with E-state index in [-0.39, 0.29) is 5.75 Å². The third-order valence-corrected chi connectivity index (χ3v) is 4.84. The van der Waals surface area contributed by atoms with E-state index in [2.05, 4.69) is 21.1 Å². The van der Waals surface area contributed by atoms with E-state index in [4.69, 9.17) is 8.94 Å². The van der Waals surface area contributed by atoms with Gasteiger partial charge in [0.15, 0.2) is 5.76 Å². The van der Waals surface area contributed by atoms with Crippen LogP contribution < -0.4 is 5.63 Å². The van der Waals surface area contributed by atoms with Gasteiger partial charge in [-0.1, -0.05) is 33.2 Å². The van der Waals surface area contributed by atoms with Gasteiger partial charge in [0.05, 0.1) is 16.8 Å². The van der Waals surface area contributed by atoms with Crippen LogP contribution in [0.25, 0.3) is 33.4 Å². The zero-order valence-corrected chi connectivity index (χ0v) is 15.6. The van der Waals surface area contributed by atoms with Crippen molar-refractivity contribution < 1.29 is 14.0 Å². The monoisotopic (exact) mass is 411 g/mol. The van der Waals surface area contributed by atoms with Crippen molar-refractivity contribution in [3.63, 3.8) is 0 Å². The van der Waals surface area contributed by atoms with Gasteiger partial charge in [-0.2, -0.15) is 0 Å². The van der Waals surface area contributed by atoms with Gasteiger partial charge in [0.1, 0.15) is 11.3 Å². The van der Waals surface area contributed by atoms with Gasteiger partial charge in [-0.05, 0) is 43.2 Å². The van der Waals surface area contributed by atoms with Crippen molar-refractivity contribution >= 4 is 26.9 Å². The Morgan fingerprint density at radius 1 is 1.08 bits per heavy atom. The first kappa shape index (κ1) is 16.6. The van der Waals surface area contributed by atoms with Gasteiger partial charge in [-0.15, -0.1) is 0 Å². The minimum absolute atomic E-state index is 0.0410. The molecule has 0 spiro atoms. The van der Waals surface area contributed by atoms with Crippen LogP contribution >= 0.6 is 15.9 Å². The van der Waals surface area contributed by atoms with Crippen LogP contribution in [0.1, 0.15) is 11.3 Å². The van der Waals surface area contributed by atoms with Crippen molar-refractivity contribution in [1.29, 1.82) is 0 Å². The number of phenolic OH excluding ortho intramolecular Hbond substituents is 1. The third kappa shape index (κ3) is 2.72. The Hall–Kier alpha value is -2.86. The lowest BCUT2D eigenvalue weighted by atomic mass is 9.98. The molecule has 0 fully saturated rings. The molecule has 1 N–H and O–H groups in total. The van der Waals surface area contributed by atoms with Gasteiger partial charge in [0.2, 0.25) is 0 Å².